The molecular formula is C10H22O3. The van der Waals surface area contributed by atoms with Crippen molar-refractivity contribution in [3.8, 4) is 0 Å². The monoisotopic (exact) mass is 190 g/mol. The minimum Gasteiger partial charge on any atom is -0.396 e. The van der Waals surface area contributed by atoms with Crippen molar-refractivity contribution in [2.45, 2.75) is 40.4 Å². The molecule has 80 valence electrons. The molecule has 13 heavy (non-hydrogen) atoms. The molecule has 0 saturated carbocycles. The summed E-state index contributed by atoms with van der Waals surface area (Å²) in [5.41, 5.74) is -0.171. The third kappa shape index (κ3) is 2.93. The Morgan fingerprint density at radius 3 is 2.00 bits per heavy atom. The van der Waals surface area contributed by atoms with Gasteiger partial charge in [-0.15, -0.1) is 0 Å². The van der Waals surface area contributed by atoms with Gasteiger partial charge in [-0.2, -0.15) is 0 Å². The molecule has 1 rings (SSSR count). The second kappa shape index (κ2) is 4.40. The minimum atomic E-state index is -0.478. The quantitative estimate of drug-likeness (QED) is 0.721. The fraction of sp³-hybridized carbons (Fsp3) is 1.00. The predicted octanol–water partition coefficient (Wildman–Crippen LogP) is 1.79. The molecule has 1 aliphatic heterocycles. The zero-order valence-corrected chi connectivity index (χ0v) is 8.09. The lowest BCUT2D eigenvalue weighted by molar-refractivity contribution is -0.290. The van der Waals surface area contributed by atoms with E-state index in [1.54, 1.807) is 0 Å². The highest BCUT2D eigenvalue weighted by atomic mass is 16.7. The third-order valence-electron chi connectivity index (χ3n) is 2.54. The molecule has 1 aliphatic rings. The summed E-state index contributed by atoms with van der Waals surface area (Å²) >= 11 is 0. The minimum absolute atomic E-state index is 0. The molecule has 0 atom stereocenters. The Labute approximate surface area is 81.0 Å². The Bertz CT molecular complexity index is 138. The number of aliphatic hydroxyl groups excluding tert-OH is 1. The number of hydrogen-bond acceptors (Lipinski definition) is 3. The zero-order chi connectivity index (χ0) is 9.24. The Morgan fingerprint density at radius 1 is 1.23 bits per heavy atom. The highest BCUT2D eigenvalue weighted by Gasteiger charge is 2.38. The first-order valence-electron chi connectivity index (χ1n) is 4.42. The highest BCUT2D eigenvalue weighted by molar-refractivity contribution is 4.81. The highest BCUT2D eigenvalue weighted by Crippen LogP contribution is 2.31. The zero-order valence-electron chi connectivity index (χ0n) is 8.09. The molecule has 0 amide bonds. The molecule has 1 N–H and O–H groups in total. The van der Waals surface area contributed by atoms with E-state index in [1.165, 1.54) is 0 Å². The van der Waals surface area contributed by atoms with Crippen LogP contribution in [0.25, 0.3) is 0 Å². The number of hydrogen-bond donors (Lipinski definition) is 1. The van der Waals surface area contributed by atoms with Gasteiger partial charge in [0, 0.05) is 5.41 Å². The molecule has 0 aliphatic carbocycles. The Hall–Kier alpha value is -0.120. The van der Waals surface area contributed by atoms with E-state index >= 15 is 0 Å². The first kappa shape index (κ1) is 12.9. The van der Waals surface area contributed by atoms with Crippen LogP contribution in [0, 0.1) is 5.41 Å². The van der Waals surface area contributed by atoms with Gasteiger partial charge in [0.25, 0.3) is 0 Å². The molecule has 0 aromatic heterocycles. The molecule has 0 aromatic carbocycles. The van der Waals surface area contributed by atoms with Crippen LogP contribution in [-0.4, -0.2) is 30.7 Å². The van der Waals surface area contributed by atoms with Gasteiger partial charge in [0.15, 0.2) is 5.79 Å². The normalized spacial score (nSPS) is 24.9. The van der Waals surface area contributed by atoms with E-state index < -0.39 is 5.79 Å². The van der Waals surface area contributed by atoms with Gasteiger partial charge in [-0.1, -0.05) is 14.4 Å². The van der Waals surface area contributed by atoms with Gasteiger partial charge in [0.1, 0.15) is 0 Å². The maximum absolute atomic E-state index is 9.15. The second-order valence-corrected chi connectivity index (χ2v) is 3.99. The van der Waals surface area contributed by atoms with Gasteiger partial charge >= 0.3 is 0 Å². The lowest BCUT2D eigenvalue weighted by atomic mass is 9.87. The van der Waals surface area contributed by atoms with Gasteiger partial charge in [-0.3, -0.25) is 0 Å². The summed E-state index contributed by atoms with van der Waals surface area (Å²) in [4.78, 5) is 0. The van der Waals surface area contributed by atoms with Crippen molar-refractivity contribution in [1.82, 2.24) is 0 Å². The fourth-order valence-corrected chi connectivity index (χ4v) is 1.14. The molecule has 1 fully saturated rings. The lowest BCUT2D eigenvalue weighted by Gasteiger charge is -2.42. The summed E-state index contributed by atoms with van der Waals surface area (Å²) in [6, 6.07) is 0. The van der Waals surface area contributed by atoms with Crippen LogP contribution in [-0.2, 0) is 9.47 Å². The van der Waals surface area contributed by atoms with E-state index in [4.69, 9.17) is 14.6 Å². The molecule has 0 spiro atoms. The van der Waals surface area contributed by atoms with E-state index in [1.807, 2.05) is 20.8 Å². The van der Waals surface area contributed by atoms with Crippen LogP contribution >= 0.6 is 0 Å². The van der Waals surface area contributed by atoms with Gasteiger partial charge in [-0.25, -0.2) is 0 Å². The topological polar surface area (TPSA) is 38.7 Å². The van der Waals surface area contributed by atoms with Crippen molar-refractivity contribution in [1.29, 1.82) is 0 Å². The number of aliphatic hydroxyl groups is 1. The SMILES string of the molecule is C.CCC1(CO)COC(C)(C)OC1. The summed E-state index contributed by atoms with van der Waals surface area (Å²) in [5.74, 6) is -0.478. The molecular weight excluding hydrogens is 168 g/mol. The van der Waals surface area contributed by atoms with E-state index in [2.05, 4.69) is 0 Å². The predicted molar refractivity (Wildman–Crippen MR) is 52.5 cm³/mol. The average molecular weight is 190 g/mol. The summed E-state index contributed by atoms with van der Waals surface area (Å²) in [6.07, 6.45) is 0.888. The molecule has 3 heteroatoms. The number of ether oxygens (including phenoxy) is 2. The van der Waals surface area contributed by atoms with Crippen molar-refractivity contribution in [2.24, 2.45) is 5.41 Å². The van der Waals surface area contributed by atoms with Crippen molar-refractivity contribution in [3.63, 3.8) is 0 Å². The van der Waals surface area contributed by atoms with E-state index in [0.29, 0.717) is 13.2 Å². The van der Waals surface area contributed by atoms with Crippen LogP contribution in [0.3, 0.4) is 0 Å². The van der Waals surface area contributed by atoms with Gasteiger partial charge in [0.05, 0.1) is 19.8 Å². The van der Waals surface area contributed by atoms with Crippen molar-refractivity contribution in [2.75, 3.05) is 19.8 Å². The lowest BCUT2D eigenvalue weighted by Crippen LogP contribution is -2.48. The van der Waals surface area contributed by atoms with Crippen LogP contribution in [0.5, 0.6) is 0 Å². The third-order valence-corrected chi connectivity index (χ3v) is 2.54. The molecule has 3 nitrogen and oxygen atoms in total. The first-order valence-corrected chi connectivity index (χ1v) is 4.42. The van der Waals surface area contributed by atoms with Gasteiger partial charge in [0.2, 0.25) is 0 Å². The first-order chi connectivity index (χ1) is 5.54. The van der Waals surface area contributed by atoms with E-state index in [0.717, 1.165) is 6.42 Å². The number of rotatable bonds is 2. The van der Waals surface area contributed by atoms with Crippen LogP contribution in [0.1, 0.15) is 34.6 Å². The van der Waals surface area contributed by atoms with Gasteiger partial charge in [-0.05, 0) is 20.3 Å². The molecule has 1 saturated heterocycles. The summed E-state index contributed by atoms with van der Waals surface area (Å²) in [7, 11) is 0. The second-order valence-electron chi connectivity index (χ2n) is 3.99. The summed E-state index contributed by atoms with van der Waals surface area (Å²) in [5, 5.41) is 9.15. The van der Waals surface area contributed by atoms with Crippen LogP contribution < -0.4 is 0 Å². The Kier molecular flexibility index (Phi) is 4.36. The van der Waals surface area contributed by atoms with E-state index in [9.17, 15) is 0 Å². The molecule has 0 bridgehead atoms. The maximum atomic E-state index is 9.15. The molecule has 0 aromatic rings. The average Bonchev–Trinajstić information content (AvgIpc) is 2.06. The van der Waals surface area contributed by atoms with Crippen LogP contribution in [0.4, 0.5) is 0 Å². The van der Waals surface area contributed by atoms with Crippen molar-refractivity contribution >= 4 is 0 Å². The van der Waals surface area contributed by atoms with Gasteiger partial charge < -0.3 is 14.6 Å². The summed E-state index contributed by atoms with van der Waals surface area (Å²) < 4.78 is 11.0. The Morgan fingerprint density at radius 2 is 1.69 bits per heavy atom. The molecule has 0 radical (unpaired) electrons. The fourth-order valence-electron chi connectivity index (χ4n) is 1.14. The molecule has 1 heterocycles. The smallest absolute Gasteiger partial charge is 0.162 e. The maximum Gasteiger partial charge on any atom is 0.162 e. The Balaban J connectivity index is 0.00000144. The largest absolute Gasteiger partial charge is 0.396 e. The standard InChI is InChI=1S/C9H18O3.CH4/c1-4-9(5-10)6-11-8(2,3)12-7-9;/h10H,4-7H2,1-3H3;1H4. The summed E-state index contributed by atoms with van der Waals surface area (Å²) in [6.45, 7) is 7.15. The van der Waals surface area contributed by atoms with Crippen LogP contribution in [0.15, 0.2) is 0 Å². The van der Waals surface area contributed by atoms with Crippen molar-refractivity contribution in [3.05, 3.63) is 0 Å². The van der Waals surface area contributed by atoms with Crippen LogP contribution in [0.2, 0.25) is 0 Å². The van der Waals surface area contributed by atoms with Crippen molar-refractivity contribution < 1.29 is 14.6 Å². The van der Waals surface area contributed by atoms with E-state index in [-0.39, 0.29) is 19.4 Å². The molecule has 0 unspecified atom stereocenters.